The molecule has 1 aliphatic rings. The van der Waals surface area contributed by atoms with Crippen LogP contribution in [0.15, 0.2) is 22.7 Å². The SMILES string of the molecule is CC1(CNC(=O)c2ccc(Br)cc2O)CC1. The fourth-order valence-electron chi connectivity index (χ4n) is 1.48. The van der Waals surface area contributed by atoms with Crippen LogP contribution in [0.2, 0.25) is 0 Å². The molecule has 1 fully saturated rings. The number of phenols is 1. The first kappa shape index (κ1) is 11.5. The van der Waals surface area contributed by atoms with Gasteiger partial charge in [0.25, 0.3) is 5.91 Å². The first-order valence-electron chi connectivity index (χ1n) is 5.27. The summed E-state index contributed by atoms with van der Waals surface area (Å²) in [4.78, 5) is 11.8. The Morgan fingerprint density at radius 3 is 2.81 bits per heavy atom. The fraction of sp³-hybridized carbons (Fsp3) is 0.417. The Bertz CT molecular complexity index is 427. The van der Waals surface area contributed by atoms with E-state index >= 15 is 0 Å². The maximum atomic E-state index is 11.8. The Hall–Kier alpha value is -1.03. The van der Waals surface area contributed by atoms with Crippen molar-refractivity contribution in [2.24, 2.45) is 5.41 Å². The van der Waals surface area contributed by atoms with E-state index in [4.69, 9.17) is 0 Å². The highest BCUT2D eigenvalue weighted by Crippen LogP contribution is 2.44. The lowest BCUT2D eigenvalue weighted by Crippen LogP contribution is -2.28. The zero-order valence-corrected chi connectivity index (χ0v) is 10.7. The number of hydrogen-bond acceptors (Lipinski definition) is 2. The molecular weight excluding hydrogens is 270 g/mol. The number of benzene rings is 1. The number of aromatic hydroxyl groups is 1. The molecule has 1 aliphatic carbocycles. The smallest absolute Gasteiger partial charge is 0.255 e. The Labute approximate surface area is 103 Å². The molecule has 86 valence electrons. The fourth-order valence-corrected chi connectivity index (χ4v) is 1.82. The van der Waals surface area contributed by atoms with Crippen LogP contribution < -0.4 is 5.32 Å². The van der Waals surface area contributed by atoms with Crippen molar-refractivity contribution in [3.8, 4) is 5.75 Å². The molecule has 0 aliphatic heterocycles. The Morgan fingerprint density at radius 1 is 1.56 bits per heavy atom. The molecule has 0 aromatic heterocycles. The lowest BCUT2D eigenvalue weighted by molar-refractivity contribution is 0.0943. The summed E-state index contributed by atoms with van der Waals surface area (Å²) in [5.41, 5.74) is 0.605. The lowest BCUT2D eigenvalue weighted by atomic mass is 10.1. The third kappa shape index (κ3) is 2.55. The second kappa shape index (κ2) is 4.09. The van der Waals surface area contributed by atoms with E-state index < -0.39 is 0 Å². The molecule has 0 saturated heterocycles. The third-order valence-corrected chi connectivity index (χ3v) is 3.48. The van der Waals surface area contributed by atoms with E-state index in [-0.39, 0.29) is 17.1 Å². The van der Waals surface area contributed by atoms with E-state index in [1.165, 1.54) is 18.9 Å². The van der Waals surface area contributed by atoms with Crippen LogP contribution in [-0.4, -0.2) is 17.6 Å². The van der Waals surface area contributed by atoms with Gasteiger partial charge in [0.2, 0.25) is 0 Å². The van der Waals surface area contributed by atoms with Gasteiger partial charge in [-0.25, -0.2) is 0 Å². The molecule has 0 bridgehead atoms. The Kier molecular flexibility index (Phi) is 2.93. The molecule has 0 spiro atoms. The van der Waals surface area contributed by atoms with E-state index in [0.29, 0.717) is 12.1 Å². The average molecular weight is 284 g/mol. The van der Waals surface area contributed by atoms with Crippen molar-refractivity contribution < 1.29 is 9.90 Å². The van der Waals surface area contributed by atoms with Gasteiger partial charge in [0.05, 0.1) is 5.56 Å². The summed E-state index contributed by atoms with van der Waals surface area (Å²) in [6, 6.07) is 4.88. The number of phenolic OH excluding ortho intramolecular Hbond substituents is 1. The number of halogens is 1. The molecular formula is C12H14BrNO2. The monoisotopic (exact) mass is 283 g/mol. The lowest BCUT2D eigenvalue weighted by Gasteiger charge is -2.10. The van der Waals surface area contributed by atoms with Crippen LogP contribution in [0.25, 0.3) is 0 Å². The molecule has 1 aromatic rings. The first-order valence-corrected chi connectivity index (χ1v) is 6.06. The second-order valence-electron chi connectivity index (χ2n) is 4.65. The molecule has 16 heavy (non-hydrogen) atoms. The predicted molar refractivity (Wildman–Crippen MR) is 65.5 cm³/mol. The van der Waals surface area contributed by atoms with Gasteiger partial charge in [0.1, 0.15) is 5.75 Å². The molecule has 3 nitrogen and oxygen atoms in total. The minimum Gasteiger partial charge on any atom is -0.507 e. The van der Waals surface area contributed by atoms with Gasteiger partial charge in [-0.15, -0.1) is 0 Å². The van der Waals surface area contributed by atoms with Crippen LogP contribution in [0.4, 0.5) is 0 Å². The standard InChI is InChI=1S/C12H14BrNO2/c1-12(4-5-12)7-14-11(16)9-3-2-8(13)6-10(9)15/h2-3,6,15H,4-5,7H2,1H3,(H,14,16). The van der Waals surface area contributed by atoms with Crippen LogP contribution in [0, 0.1) is 5.41 Å². The molecule has 0 radical (unpaired) electrons. The summed E-state index contributed by atoms with van der Waals surface area (Å²) in [7, 11) is 0. The van der Waals surface area contributed by atoms with Crippen molar-refractivity contribution in [2.45, 2.75) is 19.8 Å². The molecule has 4 heteroatoms. The van der Waals surface area contributed by atoms with Gasteiger partial charge in [0, 0.05) is 11.0 Å². The normalized spacial score (nSPS) is 16.9. The molecule has 0 heterocycles. The summed E-state index contributed by atoms with van der Waals surface area (Å²) in [5, 5.41) is 12.5. The summed E-state index contributed by atoms with van der Waals surface area (Å²) in [6.07, 6.45) is 2.33. The number of amides is 1. The van der Waals surface area contributed by atoms with Crippen LogP contribution in [0.1, 0.15) is 30.1 Å². The summed E-state index contributed by atoms with van der Waals surface area (Å²) in [6.45, 7) is 2.83. The molecule has 2 rings (SSSR count). The van der Waals surface area contributed by atoms with Gasteiger partial charge in [-0.2, -0.15) is 0 Å². The largest absolute Gasteiger partial charge is 0.507 e. The van der Waals surface area contributed by atoms with Gasteiger partial charge in [-0.3, -0.25) is 4.79 Å². The zero-order chi connectivity index (χ0) is 11.8. The van der Waals surface area contributed by atoms with Gasteiger partial charge in [-0.1, -0.05) is 22.9 Å². The average Bonchev–Trinajstić information content (AvgIpc) is 2.94. The second-order valence-corrected chi connectivity index (χ2v) is 5.57. The van der Waals surface area contributed by atoms with Crippen LogP contribution in [0.5, 0.6) is 5.75 Å². The van der Waals surface area contributed by atoms with E-state index in [2.05, 4.69) is 28.2 Å². The number of rotatable bonds is 3. The minimum absolute atomic E-state index is 0.00725. The molecule has 0 unspecified atom stereocenters. The highest BCUT2D eigenvalue weighted by atomic mass is 79.9. The maximum absolute atomic E-state index is 11.8. The van der Waals surface area contributed by atoms with E-state index in [1.807, 2.05) is 0 Å². The van der Waals surface area contributed by atoms with Gasteiger partial charge < -0.3 is 10.4 Å². The predicted octanol–water partition coefficient (Wildman–Crippen LogP) is 2.68. The maximum Gasteiger partial charge on any atom is 0.255 e. The Balaban J connectivity index is 2.02. The first-order chi connectivity index (χ1) is 7.50. The van der Waals surface area contributed by atoms with Crippen molar-refractivity contribution in [1.82, 2.24) is 5.32 Å². The topological polar surface area (TPSA) is 49.3 Å². The summed E-state index contributed by atoms with van der Waals surface area (Å²) >= 11 is 3.23. The van der Waals surface area contributed by atoms with Crippen LogP contribution >= 0.6 is 15.9 Å². The molecule has 1 amide bonds. The van der Waals surface area contributed by atoms with Crippen molar-refractivity contribution in [1.29, 1.82) is 0 Å². The summed E-state index contributed by atoms with van der Waals surface area (Å²) in [5.74, 6) is -0.203. The van der Waals surface area contributed by atoms with Gasteiger partial charge >= 0.3 is 0 Å². The Morgan fingerprint density at radius 2 is 2.25 bits per heavy atom. The molecule has 2 N–H and O–H groups in total. The summed E-state index contributed by atoms with van der Waals surface area (Å²) < 4.78 is 0.760. The van der Waals surface area contributed by atoms with Crippen molar-refractivity contribution >= 4 is 21.8 Å². The number of carbonyl (C=O) groups excluding carboxylic acids is 1. The van der Waals surface area contributed by atoms with E-state index in [0.717, 1.165) is 4.47 Å². The van der Waals surface area contributed by atoms with Crippen LogP contribution in [0.3, 0.4) is 0 Å². The zero-order valence-electron chi connectivity index (χ0n) is 9.09. The quantitative estimate of drug-likeness (QED) is 0.896. The number of nitrogens with one attached hydrogen (secondary N) is 1. The van der Waals surface area contributed by atoms with E-state index in [1.54, 1.807) is 12.1 Å². The third-order valence-electron chi connectivity index (χ3n) is 2.98. The number of hydrogen-bond donors (Lipinski definition) is 2. The highest BCUT2D eigenvalue weighted by molar-refractivity contribution is 9.10. The van der Waals surface area contributed by atoms with Crippen LogP contribution in [-0.2, 0) is 0 Å². The van der Waals surface area contributed by atoms with Crippen molar-refractivity contribution in [3.05, 3.63) is 28.2 Å². The van der Waals surface area contributed by atoms with Gasteiger partial charge in [0.15, 0.2) is 0 Å². The molecule has 0 atom stereocenters. The van der Waals surface area contributed by atoms with Gasteiger partial charge in [-0.05, 0) is 36.5 Å². The molecule has 1 aromatic carbocycles. The van der Waals surface area contributed by atoms with Crippen molar-refractivity contribution in [2.75, 3.05) is 6.54 Å². The minimum atomic E-state index is -0.210. The molecule has 1 saturated carbocycles. The number of carbonyl (C=O) groups is 1. The van der Waals surface area contributed by atoms with Crippen molar-refractivity contribution in [3.63, 3.8) is 0 Å². The highest BCUT2D eigenvalue weighted by Gasteiger charge is 2.37. The van der Waals surface area contributed by atoms with E-state index in [9.17, 15) is 9.90 Å².